The molecule has 4 heteroatoms. The smallest absolute Gasteiger partial charge is 0.102 e. The number of quaternary nitrogens is 1. The Morgan fingerprint density at radius 1 is 1.19 bits per heavy atom. The predicted molar refractivity (Wildman–Crippen MR) is 68.1 cm³/mol. The summed E-state index contributed by atoms with van der Waals surface area (Å²) >= 11 is 0. The number of aliphatic hydroxyl groups is 1. The Hall–Kier alpha value is 0.170. The van der Waals surface area contributed by atoms with Gasteiger partial charge in [0.05, 0.1) is 39.5 Å². The molecule has 0 amide bonds. The number of hydrogen-bond donors (Lipinski definition) is 1. The second-order valence-electron chi connectivity index (χ2n) is 3.90. The van der Waals surface area contributed by atoms with Crippen LogP contribution in [-0.4, -0.2) is 55.6 Å². The molecule has 1 atom stereocenters. The standard InChI is InChI=1S/C10H24NO2.2CH4.ClH/c1-5-11(4,6-2)7-8-13-9-10(3)12;;;/h10,12H,5-9H2,1-4H3;2*1H4;1H/q+1;;;/p-1. The van der Waals surface area contributed by atoms with Crippen LogP contribution in [0.15, 0.2) is 0 Å². The number of nitrogens with zero attached hydrogens (tertiary/aromatic N) is 1. The quantitative estimate of drug-likeness (QED) is 0.476. The summed E-state index contributed by atoms with van der Waals surface area (Å²) in [6, 6.07) is 0. The van der Waals surface area contributed by atoms with Crippen molar-refractivity contribution in [3.05, 3.63) is 0 Å². The van der Waals surface area contributed by atoms with Crippen molar-refractivity contribution in [2.24, 2.45) is 0 Å². The number of likely N-dealkylation sites (N-methyl/N-ethyl adjacent to an activating group) is 1. The number of hydrogen-bond acceptors (Lipinski definition) is 2. The van der Waals surface area contributed by atoms with Crippen molar-refractivity contribution in [3.8, 4) is 0 Å². The molecule has 0 fully saturated rings. The van der Waals surface area contributed by atoms with Crippen LogP contribution in [0.5, 0.6) is 0 Å². The molecule has 0 saturated carbocycles. The molecule has 0 spiro atoms. The molecule has 0 heterocycles. The summed E-state index contributed by atoms with van der Waals surface area (Å²) in [5.41, 5.74) is 0. The highest BCUT2D eigenvalue weighted by Crippen LogP contribution is 2.00. The minimum absolute atomic E-state index is 0. The molecule has 3 nitrogen and oxygen atoms in total. The number of aliphatic hydroxyl groups excluding tert-OH is 1. The van der Waals surface area contributed by atoms with Crippen LogP contribution < -0.4 is 12.4 Å². The highest BCUT2D eigenvalue weighted by atomic mass is 35.5. The Morgan fingerprint density at radius 2 is 1.62 bits per heavy atom. The summed E-state index contributed by atoms with van der Waals surface area (Å²) in [4.78, 5) is 0. The van der Waals surface area contributed by atoms with Crippen LogP contribution in [-0.2, 0) is 4.74 Å². The fraction of sp³-hybridized carbons (Fsp3) is 1.00. The van der Waals surface area contributed by atoms with Crippen LogP contribution >= 0.6 is 0 Å². The highest BCUT2D eigenvalue weighted by molar-refractivity contribution is 4.41. The van der Waals surface area contributed by atoms with E-state index < -0.39 is 0 Å². The van der Waals surface area contributed by atoms with E-state index in [1.54, 1.807) is 6.92 Å². The summed E-state index contributed by atoms with van der Waals surface area (Å²) in [6.07, 6.45) is -0.345. The van der Waals surface area contributed by atoms with Gasteiger partial charge in [-0.3, -0.25) is 0 Å². The van der Waals surface area contributed by atoms with Gasteiger partial charge >= 0.3 is 0 Å². The molecule has 0 aromatic heterocycles. The average Bonchev–Trinajstić information content (AvgIpc) is 2.12. The van der Waals surface area contributed by atoms with Gasteiger partial charge < -0.3 is 26.7 Å². The summed E-state index contributed by atoms with van der Waals surface area (Å²) in [7, 11) is 2.23. The Morgan fingerprint density at radius 3 is 1.94 bits per heavy atom. The van der Waals surface area contributed by atoms with Crippen LogP contribution in [0.25, 0.3) is 0 Å². The third kappa shape index (κ3) is 12.2. The molecule has 0 aliphatic carbocycles. The molecule has 0 saturated heterocycles. The lowest BCUT2D eigenvalue weighted by atomic mass is 10.4. The minimum atomic E-state index is -0.345. The maximum Gasteiger partial charge on any atom is 0.102 e. The van der Waals surface area contributed by atoms with Crippen LogP contribution in [0.4, 0.5) is 0 Å². The lowest BCUT2D eigenvalue weighted by Gasteiger charge is -2.31. The first-order valence-corrected chi connectivity index (χ1v) is 5.13. The van der Waals surface area contributed by atoms with E-state index in [1.165, 1.54) is 0 Å². The molecule has 16 heavy (non-hydrogen) atoms. The van der Waals surface area contributed by atoms with Gasteiger partial charge in [-0.1, -0.05) is 14.9 Å². The monoisotopic (exact) mass is 257 g/mol. The van der Waals surface area contributed by atoms with Crippen molar-refractivity contribution in [2.45, 2.75) is 41.7 Å². The zero-order valence-electron chi connectivity index (χ0n) is 9.79. The van der Waals surface area contributed by atoms with Crippen LogP contribution in [0, 0.1) is 0 Å². The number of halogens is 1. The first-order chi connectivity index (χ1) is 6.04. The Kier molecular flexibility index (Phi) is 20.8. The van der Waals surface area contributed by atoms with E-state index >= 15 is 0 Å². The maximum atomic E-state index is 8.97. The van der Waals surface area contributed by atoms with Crippen molar-refractivity contribution in [2.75, 3.05) is 39.9 Å². The van der Waals surface area contributed by atoms with Gasteiger partial charge in [-0.25, -0.2) is 0 Å². The first-order valence-electron chi connectivity index (χ1n) is 5.13. The van der Waals surface area contributed by atoms with Gasteiger partial charge in [-0.15, -0.1) is 0 Å². The fourth-order valence-electron chi connectivity index (χ4n) is 1.08. The Bertz CT molecular complexity index is 128. The molecule has 0 rings (SSSR count). The molecule has 0 radical (unpaired) electrons. The summed E-state index contributed by atoms with van der Waals surface area (Å²) < 4.78 is 6.37. The van der Waals surface area contributed by atoms with E-state index in [2.05, 4.69) is 20.9 Å². The van der Waals surface area contributed by atoms with Crippen LogP contribution in [0.2, 0.25) is 0 Å². The highest BCUT2D eigenvalue weighted by Gasteiger charge is 2.15. The third-order valence-electron chi connectivity index (χ3n) is 2.66. The zero-order valence-corrected chi connectivity index (χ0v) is 10.5. The molecule has 104 valence electrons. The minimum Gasteiger partial charge on any atom is -1.00 e. The largest absolute Gasteiger partial charge is 1.00 e. The molecule has 0 aromatic carbocycles. The van der Waals surface area contributed by atoms with E-state index in [9.17, 15) is 0 Å². The molecular formula is C12H32ClNO2. The van der Waals surface area contributed by atoms with Crippen molar-refractivity contribution in [1.82, 2.24) is 0 Å². The Balaban J connectivity index is -0.000000240. The van der Waals surface area contributed by atoms with Crippen molar-refractivity contribution in [3.63, 3.8) is 0 Å². The van der Waals surface area contributed by atoms with E-state index in [0.717, 1.165) is 30.7 Å². The van der Waals surface area contributed by atoms with Gasteiger partial charge in [0, 0.05) is 0 Å². The number of rotatable bonds is 7. The second-order valence-corrected chi connectivity index (χ2v) is 3.90. The van der Waals surface area contributed by atoms with Crippen molar-refractivity contribution < 1.29 is 26.7 Å². The van der Waals surface area contributed by atoms with Gasteiger partial charge in [0.1, 0.15) is 6.54 Å². The van der Waals surface area contributed by atoms with Gasteiger partial charge in [0.2, 0.25) is 0 Å². The van der Waals surface area contributed by atoms with Gasteiger partial charge in [-0.05, 0) is 20.8 Å². The molecular weight excluding hydrogens is 226 g/mol. The lowest BCUT2D eigenvalue weighted by molar-refractivity contribution is -0.906. The molecule has 0 aliphatic rings. The predicted octanol–water partition coefficient (Wildman–Crippen LogP) is -0.854. The van der Waals surface area contributed by atoms with E-state index in [0.29, 0.717) is 6.61 Å². The van der Waals surface area contributed by atoms with Gasteiger partial charge in [0.15, 0.2) is 0 Å². The summed E-state index contributed by atoms with van der Waals surface area (Å²) in [5, 5.41) is 8.97. The SMILES string of the molecule is C.C.CC[N+](C)(CC)CCOCC(C)O.[Cl-]. The zero-order chi connectivity index (χ0) is 10.3. The molecule has 0 bridgehead atoms. The normalized spacial score (nSPS) is 11.8. The second kappa shape index (κ2) is 13.2. The third-order valence-corrected chi connectivity index (χ3v) is 2.66. The molecule has 0 aliphatic heterocycles. The van der Waals surface area contributed by atoms with Crippen molar-refractivity contribution in [1.29, 1.82) is 0 Å². The average molecular weight is 258 g/mol. The van der Waals surface area contributed by atoms with E-state index in [1.807, 2.05) is 0 Å². The van der Waals surface area contributed by atoms with E-state index in [4.69, 9.17) is 9.84 Å². The summed E-state index contributed by atoms with van der Waals surface area (Å²) in [5.74, 6) is 0. The molecule has 1 unspecified atom stereocenters. The maximum absolute atomic E-state index is 8.97. The topological polar surface area (TPSA) is 29.5 Å². The van der Waals surface area contributed by atoms with Gasteiger partial charge in [-0.2, -0.15) is 0 Å². The summed E-state index contributed by atoms with van der Waals surface area (Å²) in [6.45, 7) is 10.6. The first kappa shape index (κ1) is 25.1. The fourth-order valence-corrected chi connectivity index (χ4v) is 1.08. The number of ether oxygens (including phenoxy) is 1. The Labute approximate surface area is 109 Å². The van der Waals surface area contributed by atoms with Crippen molar-refractivity contribution >= 4 is 0 Å². The van der Waals surface area contributed by atoms with E-state index in [-0.39, 0.29) is 33.4 Å². The van der Waals surface area contributed by atoms with Crippen LogP contribution in [0.1, 0.15) is 35.6 Å². The van der Waals surface area contributed by atoms with Crippen LogP contribution in [0.3, 0.4) is 0 Å². The lowest BCUT2D eigenvalue weighted by Crippen LogP contribution is -3.00. The molecule has 0 aromatic rings. The molecule has 1 N–H and O–H groups in total. The van der Waals surface area contributed by atoms with Gasteiger partial charge in [0.25, 0.3) is 0 Å².